The van der Waals surface area contributed by atoms with E-state index in [9.17, 15) is 14.7 Å². The summed E-state index contributed by atoms with van der Waals surface area (Å²) in [6, 6.07) is 11.8. The second-order valence-corrected chi connectivity index (χ2v) is 6.76. The molecule has 2 rings (SSSR count). The van der Waals surface area contributed by atoms with Gasteiger partial charge >= 0.3 is 0 Å². The minimum Gasteiger partial charge on any atom is -0.507 e. The molecule has 2 aromatic rings. The van der Waals surface area contributed by atoms with Gasteiger partial charge in [-0.1, -0.05) is 32.9 Å². The van der Waals surface area contributed by atoms with E-state index in [1.54, 1.807) is 36.4 Å². The van der Waals surface area contributed by atoms with E-state index in [0.717, 1.165) is 5.56 Å². The van der Waals surface area contributed by atoms with E-state index in [1.807, 2.05) is 27.7 Å². The number of benzene rings is 2. The first kappa shape index (κ1) is 17.5. The summed E-state index contributed by atoms with van der Waals surface area (Å²) >= 11 is 0. The van der Waals surface area contributed by atoms with Gasteiger partial charge in [0.25, 0.3) is 5.91 Å². The van der Waals surface area contributed by atoms with Crippen LogP contribution in [0, 0.1) is 12.3 Å². The zero-order chi connectivity index (χ0) is 17.9. The van der Waals surface area contributed by atoms with Crippen LogP contribution in [0.1, 0.15) is 36.7 Å². The van der Waals surface area contributed by atoms with Crippen molar-refractivity contribution in [1.82, 2.24) is 0 Å². The predicted octanol–water partition coefficient (Wildman–Crippen LogP) is 3.94. The van der Waals surface area contributed by atoms with E-state index < -0.39 is 11.3 Å². The molecule has 0 bridgehead atoms. The van der Waals surface area contributed by atoms with Crippen LogP contribution in [0.25, 0.3) is 0 Å². The quantitative estimate of drug-likeness (QED) is 0.799. The Balaban J connectivity index is 2.14. The molecule has 126 valence electrons. The second kappa shape index (κ2) is 6.74. The van der Waals surface area contributed by atoms with E-state index in [1.165, 1.54) is 6.07 Å². The lowest BCUT2D eigenvalue weighted by Gasteiger charge is -2.18. The number of carbonyl (C=O) groups is 2. The van der Waals surface area contributed by atoms with Crippen molar-refractivity contribution in [3.05, 3.63) is 53.6 Å². The highest BCUT2D eigenvalue weighted by molar-refractivity contribution is 6.06. The molecule has 0 heterocycles. The molecular weight excluding hydrogens is 304 g/mol. The van der Waals surface area contributed by atoms with E-state index in [0.29, 0.717) is 11.4 Å². The summed E-state index contributed by atoms with van der Waals surface area (Å²) < 4.78 is 0. The Morgan fingerprint density at radius 3 is 2.17 bits per heavy atom. The van der Waals surface area contributed by atoms with Crippen molar-refractivity contribution in [3.8, 4) is 5.75 Å². The number of nitrogens with one attached hydrogen (secondary N) is 2. The minimum atomic E-state index is -0.507. The molecule has 0 saturated carbocycles. The van der Waals surface area contributed by atoms with E-state index in [4.69, 9.17) is 0 Å². The number of rotatable bonds is 3. The van der Waals surface area contributed by atoms with E-state index in [2.05, 4.69) is 10.6 Å². The van der Waals surface area contributed by atoms with Crippen molar-refractivity contribution < 1.29 is 14.7 Å². The summed E-state index contributed by atoms with van der Waals surface area (Å²) in [6.45, 7) is 7.32. The normalized spacial score (nSPS) is 11.0. The van der Waals surface area contributed by atoms with Gasteiger partial charge in [0.15, 0.2) is 0 Å². The largest absolute Gasteiger partial charge is 0.507 e. The molecule has 0 unspecified atom stereocenters. The SMILES string of the molecule is Cc1ccc(C(=O)Nc2cccc(NC(=O)C(C)(C)C)c2)c(O)c1. The number of anilines is 2. The van der Waals surface area contributed by atoms with Gasteiger partial charge in [0.1, 0.15) is 5.75 Å². The van der Waals surface area contributed by atoms with Gasteiger partial charge in [-0.15, -0.1) is 0 Å². The molecule has 0 atom stereocenters. The highest BCUT2D eigenvalue weighted by Gasteiger charge is 2.21. The van der Waals surface area contributed by atoms with Crippen molar-refractivity contribution in [2.24, 2.45) is 5.41 Å². The molecule has 24 heavy (non-hydrogen) atoms. The summed E-state index contributed by atoms with van der Waals surface area (Å²) in [5.74, 6) is -0.585. The maximum Gasteiger partial charge on any atom is 0.259 e. The van der Waals surface area contributed by atoms with Crippen LogP contribution in [0.3, 0.4) is 0 Å². The summed E-state index contributed by atoms with van der Waals surface area (Å²) in [4.78, 5) is 24.3. The molecule has 2 amide bonds. The number of carbonyl (C=O) groups excluding carboxylic acids is 2. The van der Waals surface area contributed by atoms with Crippen LogP contribution < -0.4 is 10.6 Å². The summed E-state index contributed by atoms with van der Waals surface area (Å²) in [7, 11) is 0. The van der Waals surface area contributed by atoms with Crippen molar-refractivity contribution in [2.75, 3.05) is 10.6 Å². The number of phenols is 1. The molecule has 0 fully saturated rings. The fraction of sp³-hybridized carbons (Fsp3) is 0.263. The Hall–Kier alpha value is -2.82. The van der Waals surface area contributed by atoms with Crippen LogP contribution in [-0.4, -0.2) is 16.9 Å². The third-order valence-electron chi connectivity index (χ3n) is 3.46. The Kier molecular flexibility index (Phi) is 4.93. The molecule has 0 radical (unpaired) electrons. The Morgan fingerprint density at radius 2 is 1.58 bits per heavy atom. The zero-order valence-corrected chi connectivity index (χ0v) is 14.3. The molecule has 0 saturated heterocycles. The number of phenolic OH excluding ortho intramolecular Hbond substituents is 1. The number of hydrogen-bond donors (Lipinski definition) is 3. The average Bonchev–Trinajstić information content (AvgIpc) is 2.46. The fourth-order valence-electron chi connectivity index (χ4n) is 2.03. The van der Waals surface area contributed by atoms with E-state index in [-0.39, 0.29) is 17.2 Å². The van der Waals surface area contributed by atoms with E-state index >= 15 is 0 Å². The minimum absolute atomic E-state index is 0.0651. The zero-order valence-electron chi connectivity index (χ0n) is 14.3. The van der Waals surface area contributed by atoms with Gasteiger partial charge in [-0.3, -0.25) is 9.59 Å². The molecule has 3 N–H and O–H groups in total. The van der Waals surface area contributed by atoms with Gasteiger partial charge in [0.2, 0.25) is 5.91 Å². The molecule has 2 aromatic carbocycles. The predicted molar refractivity (Wildman–Crippen MR) is 95.3 cm³/mol. The van der Waals surface area contributed by atoms with Gasteiger partial charge < -0.3 is 15.7 Å². The molecule has 0 aliphatic heterocycles. The topological polar surface area (TPSA) is 78.4 Å². The van der Waals surface area contributed by atoms with Crippen LogP contribution >= 0.6 is 0 Å². The average molecular weight is 326 g/mol. The first-order valence-corrected chi connectivity index (χ1v) is 7.69. The summed E-state index contributed by atoms with van der Waals surface area (Å²) in [5.41, 5.74) is 1.70. The van der Waals surface area contributed by atoms with Gasteiger partial charge in [-0.25, -0.2) is 0 Å². The number of amides is 2. The number of hydrogen-bond acceptors (Lipinski definition) is 3. The standard InChI is InChI=1S/C19H22N2O3/c1-12-8-9-15(16(22)10-12)17(23)20-13-6-5-7-14(11-13)21-18(24)19(2,3)4/h5-11,22H,1-4H3,(H,20,23)(H,21,24). The van der Waals surface area contributed by atoms with Crippen LogP contribution in [0.5, 0.6) is 5.75 Å². The number of aryl methyl sites for hydroxylation is 1. The second-order valence-electron chi connectivity index (χ2n) is 6.76. The fourth-order valence-corrected chi connectivity index (χ4v) is 2.03. The van der Waals surface area contributed by atoms with Gasteiger partial charge in [-0.2, -0.15) is 0 Å². The Bertz CT molecular complexity index is 776. The maximum absolute atomic E-state index is 12.3. The maximum atomic E-state index is 12.3. The Morgan fingerprint density at radius 1 is 0.958 bits per heavy atom. The molecule has 0 aliphatic carbocycles. The monoisotopic (exact) mass is 326 g/mol. The third-order valence-corrected chi connectivity index (χ3v) is 3.46. The van der Waals surface area contributed by atoms with Crippen LogP contribution in [-0.2, 0) is 4.79 Å². The Labute approximate surface area is 141 Å². The third kappa shape index (κ3) is 4.35. The van der Waals surface area contributed by atoms with Gasteiger partial charge in [-0.05, 0) is 42.8 Å². The van der Waals surface area contributed by atoms with Crippen LogP contribution in [0.2, 0.25) is 0 Å². The molecule has 0 aliphatic rings. The van der Waals surface area contributed by atoms with Crippen molar-refractivity contribution in [3.63, 3.8) is 0 Å². The number of aromatic hydroxyl groups is 1. The molecule has 0 aromatic heterocycles. The summed E-state index contributed by atoms with van der Waals surface area (Å²) in [6.07, 6.45) is 0. The smallest absolute Gasteiger partial charge is 0.259 e. The summed E-state index contributed by atoms with van der Waals surface area (Å²) in [5, 5.41) is 15.4. The first-order valence-electron chi connectivity index (χ1n) is 7.69. The van der Waals surface area contributed by atoms with Crippen LogP contribution in [0.15, 0.2) is 42.5 Å². The lowest BCUT2D eigenvalue weighted by Crippen LogP contribution is -2.27. The molecular formula is C19H22N2O3. The highest BCUT2D eigenvalue weighted by atomic mass is 16.3. The molecule has 0 spiro atoms. The van der Waals surface area contributed by atoms with Crippen molar-refractivity contribution in [1.29, 1.82) is 0 Å². The lowest BCUT2D eigenvalue weighted by molar-refractivity contribution is -0.123. The highest BCUT2D eigenvalue weighted by Crippen LogP contribution is 2.22. The molecule has 5 nitrogen and oxygen atoms in total. The lowest BCUT2D eigenvalue weighted by atomic mass is 9.95. The first-order chi connectivity index (χ1) is 11.2. The molecule has 5 heteroatoms. The van der Waals surface area contributed by atoms with Gasteiger partial charge in [0.05, 0.1) is 5.56 Å². The van der Waals surface area contributed by atoms with Crippen molar-refractivity contribution >= 4 is 23.2 Å². The van der Waals surface area contributed by atoms with Gasteiger partial charge in [0, 0.05) is 16.8 Å². The van der Waals surface area contributed by atoms with Crippen molar-refractivity contribution in [2.45, 2.75) is 27.7 Å². The van der Waals surface area contributed by atoms with Crippen LogP contribution in [0.4, 0.5) is 11.4 Å².